The van der Waals surface area contributed by atoms with Crippen molar-refractivity contribution in [2.45, 2.75) is 76.2 Å². The van der Waals surface area contributed by atoms with Crippen LogP contribution in [0.2, 0.25) is 0 Å². The lowest BCUT2D eigenvalue weighted by Crippen LogP contribution is -2.59. The minimum atomic E-state index is -4.47. The van der Waals surface area contributed by atoms with Crippen molar-refractivity contribution in [2.24, 2.45) is 0 Å². The van der Waals surface area contributed by atoms with E-state index in [9.17, 15) is 27.6 Å². The summed E-state index contributed by atoms with van der Waals surface area (Å²) >= 11 is 0. The number of piperidine rings is 2. The summed E-state index contributed by atoms with van der Waals surface area (Å²) in [5, 5.41) is 6.00. The Hall–Kier alpha value is -3.84. The van der Waals surface area contributed by atoms with Crippen LogP contribution >= 0.6 is 0 Å². The van der Waals surface area contributed by atoms with E-state index < -0.39 is 17.8 Å². The molecule has 1 unspecified atom stereocenters. The van der Waals surface area contributed by atoms with Crippen LogP contribution in [0.5, 0.6) is 0 Å². The molecular weight excluding hydrogens is 647 g/mol. The van der Waals surface area contributed by atoms with Gasteiger partial charge in [0.15, 0.2) is 0 Å². The quantitative estimate of drug-likeness (QED) is 0.439. The highest BCUT2D eigenvalue weighted by Crippen LogP contribution is 2.33. The number of aryl methyl sites for hydroxylation is 1. The maximum Gasteiger partial charge on any atom is 0.416 e. The van der Waals surface area contributed by atoms with Crippen molar-refractivity contribution in [3.05, 3.63) is 64.7 Å². The molecule has 13 heteroatoms. The van der Waals surface area contributed by atoms with Crippen LogP contribution in [0.1, 0.15) is 54.9 Å². The molecule has 0 aromatic heterocycles. The first-order chi connectivity index (χ1) is 24.0. The second-order valence-electron chi connectivity index (χ2n) is 14.2. The highest BCUT2D eigenvalue weighted by Gasteiger charge is 2.36. The van der Waals surface area contributed by atoms with Gasteiger partial charge >= 0.3 is 18.2 Å². The third-order valence-electron chi connectivity index (χ3n) is 11.1. The zero-order valence-corrected chi connectivity index (χ0v) is 29.2. The lowest BCUT2D eigenvalue weighted by atomic mass is 9.97. The molecular formula is C37H50F3N7O3. The van der Waals surface area contributed by atoms with Crippen molar-refractivity contribution < 1.29 is 27.6 Å². The van der Waals surface area contributed by atoms with E-state index in [2.05, 4.69) is 27.5 Å². The van der Waals surface area contributed by atoms with E-state index in [4.69, 9.17) is 0 Å². The number of nitrogens with zero attached hydrogens (tertiary/aromatic N) is 5. The molecule has 0 radical (unpaired) electrons. The molecule has 3 fully saturated rings. The van der Waals surface area contributed by atoms with Gasteiger partial charge in [0, 0.05) is 70.0 Å². The van der Waals surface area contributed by atoms with Gasteiger partial charge in [-0.25, -0.2) is 9.59 Å². The number of nitrogens with one attached hydrogen (secondary N) is 2. The summed E-state index contributed by atoms with van der Waals surface area (Å²) in [5.74, 6) is -0.213. The Morgan fingerprint density at radius 2 is 1.56 bits per heavy atom. The molecule has 3 saturated heterocycles. The number of piperazine rings is 1. The minimum absolute atomic E-state index is 0.0220. The highest BCUT2D eigenvalue weighted by atomic mass is 19.4. The first kappa shape index (κ1) is 36.0. The number of likely N-dealkylation sites (tertiary alicyclic amines) is 2. The van der Waals surface area contributed by atoms with Gasteiger partial charge in [-0.3, -0.25) is 9.69 Å². The Labute approximate surface area is 292 Å². The van der Waals surface area contributed by atoms with Gasteiger partial charge in [-0.2, -0.15) is 13.2 Å². The standard InChI is InChI=1S/C37H50F3N7O3/c1-3-27-24-26(8-9-31(27)37(38,39)40)25-33(34(48)45-22-20-44(21-23-45)29-11-15-43(2)16-12-29)42-35(49)46-17-13-30(14-18-46)47-19-10-28-6-4-5-7-32(28)41-36(47)50/h4-9,24,29-30,33H,3,10-23,25H2,1-2H3,(H,41,50)(H,42,49). The van der Waals surface area contributed by atoms with Crippen molar-refractivity contribution in [3.63, 3.8) is 0 Å². The Morgan fingerprint density at radius 3 is 2.24 bits per heavy atom. The molecule has 2 aromatic rings. The molecule has 4 aliphatic heterocycles. The van der Waals surface area contributed by atoms with Gasteiger partial charge in [0.2, 0.25) is 5.91 Å². The zero-order valence-electron chi connectivity index (χ0n) is 29.2. The van der Waals surface area contributed by atoms with Gasteiger partial charge in [0.05, 0.1) is 5.56 Å². The van der Waals surface area contributed by atoms with Crippen LogP contribution in [0.15, 0.2) is 42.5 Å². The van der Waals surface area contributed by atoms with Gasteiger partial charge in [0.25, 0.3) is 0 Å². The number of hydrogen-bond acceptors (Lipinski definition) is 5. The normalized spacial score (nSPS) is 21.0. The first-order valence-corrected chi connectivity index (χ1v) is 18.1. The van der Waals surface area contributed by atoms with Gasteiger partial charge in [-0.1, -0.05) is 37.3 Å². The monoisotopic (exact) mass is 697 g/mol. The van der Waals surface area contributed by atoms with E-state index in [0.717, 1.165) is 62.8 Å². The van der Waals surface area contributed by atoms with E-state index in [1.165, 1.54) is 12.1 Å². The Morgan fingerprint density at radius 1 is 0.880 bits per heavy atom. The lowest BCUT2D eigenvalue weighted by Gasteiger charge is -2.43. The summed E-state index contributed by atoms with van der Waals surface area (Å²) in [6, 6.07) is 10.9. The maximum absolute atomic E-state index is 14.1. The topological polar surface area (TPSA) is 91.5 Å². The number of carbonyl (C=O) groups excluding carboxylic acids is 3. The number of para-hydroxylation sites is 1. The van der Waals surface area contributed by atoms with Gasteiger partial charge in [0.1, 0.15) is 6.04 Å². The largest absolute Gasteiger partial charge is 0.416 e. The summed E-state index contributed by atoms with van der Waals surface area (Å²) in [6.45, 7) is 7.81. The molecule has 0 bridgehead atoms. The predicted molar refractivity (Wildman–Crippen MR) is 186 cm³/mol. The lowest BCUT2D eigenvalue weighted by molar-refractivity contribution is -0.138. The van der Waals surface area contributed by atoms with E-state index in [0.29, 0.717) is 57.2 Å². The van der Waals surface area contributed by atoms with E-state index in [1.54, 1.807) is 16.7 Å². The van der Waals surface area contributed by atoms with Crippen molar-refractivity contribution in [2.75, 3.05) is 71.3 Å². The number of amides is 5. The molecule has 2 aromatic carbocycles. The number of hydrogen-bond donors (Lipinski definition) is 2. The van der Waals surface area contributed by atoms with Crippen LogP contribution in [-0.4, -0.2) is 127 Å². The number of halogens is 3. The average Bonchev–Trinajstić information content (AvgIpc) is 3.29. The molecule has 10 nitrogen and oxygen atoms in total. The molecule has 4 aliphatic rings. The van der Waals surface area contributed by atoms with Gasteiger partial charge in [-0.15, -0.1) is 0 Å². The molecule has 272 valence electrons. The van der Waals surface area contributed by atoms with Gasteiger partial charge in [-0.05, 0) is 87.5 Å². The number of urea groups is 2. The fraction of sp³-hybridized carbons (Fsp3) is 0.595. The molecule has 50 heavy (non-hydrogen) atoms. The molecule has 4 heterocycles. The number of benzene rings is 2. The van der Waals surface area contributed by atoms with Crippen LogP contribution in [0, 0.1) is 0 Å². The molecule has 6 rings (SSSR count). The van der Waals surface area contributed by atoms with Crippen LogP contribution in [0.25, 0.3) is 0 Å². The second kappa shape index (κ2) is 15.6. The average molecular weight is 698 g/mol. The number of fused-ring (bicyclic) bond motifs is 1. The molecule has 0 aliphatic carbocycles. The van der Waals surface area contributed by atoms with Crippen LogP contribution < -0.4 is 10.6 Å². The van der Waals surface area contributed by atoms with Crippen LogP contribution in [0.4, 0.5) is 28.4 Å². The minimum Gasteiger partial charge on any atom is -0.338 e. The predicted octanol–water partition coefficient (Wildman–Crippen LogP) is 4.68. The number of rotatable bonds is 7. The van der Waals surface area contributed by atoms with Crippen molar-refractivity contribution in [1.82, 2.24) is 29.8 Å². The highest BCUT2D eigenvalue weighted by molar-refractivity contribution is 5.91. The molecule has 2 N–H and O–H groups in total. The summed E-state index contributed by atoms with van der Waals surface area (Å²) < 4.78 is 41.0. The van der Waals surface area contributed by atoms with E-state index in [-0.39, 0.29) is 42.4 Å². The third-order valence-corrected chi connectivity index (χ3v) is 11.1. The van der Waals surface area contributed by atoms with E-state index >= 15 is 0 Å². The second-order valence-corrected chi connectivity index (χ2v) is 14.2. The SMILES string of the molecule is CCc1cc(CC(NC(=O)N2CCC(N3CCc4ccccc4NC3=O)CC2)C(=O)N2CCN(C3CCN(C)CC3)CC2)ccc1C(F)(F)F. The molecule has 1 atom stereocenters. The summed E-state index contributed by atoms with van der Waals surface area (Å²) in [7, 11) is 2.14. The number of alkyl halides is 3. The summed E-state index contributed by atoms with van der Waals surface area (Å²) in [5.41, 5.74) is 1.99. The molecule has 0 spiro atoms. The number of carbonyl (C=O) groups is 3. The first-order valence-electron chi connectivity index (χ1n) is 18.1. The Kier molecular flexibility index (Phi) is 11.2. The summed E-state index contributed by atoms with van der Waals surface area (Å²) in [6.07, 6.45) is -0.0210. The van der Waals surface area contributed by atoms with E-state index in [1.807, 2.05) is 29.2 Å². The molecule has 0 saturated carbocycles. The van der Waals surface area contributed by atoms with Crippen molar-refractivity contribution in [1.29, 1.82) is 0 Å². The Balaban J connectivity index is 1.11. The smallest absolute Gasteiger partial charge is 0.338 e. The zero-order chi connectivity index (χ0) is 35.4. The molecule has 5 amide bonds. The third kappa shape index (κ3) is 8.37. The fourth-order valence-corrected chi connectivity index (χ4v) is 8.03. The van der Waals surface area contributed by atoms with Crippen LogP contribution in [0.3, 0.4) is 0 Å². The van der Waals surface area contributed by atoms with Crippen molar-refractivity contribution >= 4 is 23.7 Å². The maximum atomic E-state index is 14.1. The van der Waals surface area contributed by atoms with Crippen molar-refractivity contribution in [3.8, 4) is 0 Å². The van der Waals surface area contributed by atoms with Crippen LogP contribution in [-0.2, 0) is 30.2 Å². The van der Waals surface area contributed by atoms with Gasteiger partial charge < -0.3 is 30.2 Å². The fourth-order valence-electron chi connectivity index (χ4n) is 8.03. The summed E-state index contributed by atoms with van der Waals surface area (Å²) in [4.78, 5) is 51.0. The number of anilines is 1. The Bertz CT molecular complexity index is 1510.